The fourth-order valence-corrected chi connectivity index (χ4v) is 2.76. The van der Waals surface area contributed by atoms with Gasteiger partial charge in [0.05, 0.1) is 11.0 Å². The molecule has 114 valence electrons. The minimum absolute atomic E-state index is 0.183. The lowest BCUT2D eigenvalue weighted by atomic mass is 9.90. The Morgan fingerprint density at radius 2 is 2.14 bits per heavy atom. The van der Waals surface area contributed by atoms with Gasteiger partial charge in [-0.05, 0) is 35.3 Å². The maximum absolute atomic E-state index is 12.7. The molecule has 0 aliphatic carbocycles. The highest BCUT2D eigenvalue weighted by Gasteiger charge is 2.42. The summed E-state index contributed by atoms with van der Waals surface area (Å²) in [6, 6.07) is 1.72. The van der Waals surface area contributed by atoms with Gasteiger partial charge in [0.25, 0.3) is 5.91 Å². The number of aromatic nitrogens is 1. The van der Waals surface area contributed by atoms with Crippen LogP contribution in [0.5, 0.6) is 0 Å². The number of aliphatic carboxylic acids is 1. The Kier molecular flexibility index (Phi) is 4.22. The molecule has 1 N–H and O–H groups in total. The zero-order valence-corrected chi connectivity index (χ0v) is 13.8. The van der Waals surface area contributed by atoms with Crippen molar-refractivity contribution in [2.45, 2.75) is 13.3 Å². The van der Waals surface area contributed by atoms with Crippen LogP contribution in [0, 0.1) is 5.41 Å². The number of amides is 1. The van der Waals surface area contributed by atoms with Crippen molar-refractivity contribution in [1.82, 2.24) is 9.88 Å². The van der Waals surface area contributed by atoms with E-state index in [0.29, 0.717) is 24.3 Å². The molecule has 1 amide bonds. The fraction of sp³-hybridized carbons (Fsp3) is 0.500. The molecule has 1 aromatic heterocycles. The molecule has 21 heavy (non-hydrogen) atoms. The fourth-order valence-electron chi connectivity index (χ4n) is 2.43. The first-order valence-corrected chi connectivity index (χ1v) is 7.39. The van der Waals surface area contributed by atoms with Gasteiger partial charge >= 0.3 is 5.97 Å². The average Bonchev–Trinajstić information content (AvgIpc) is 2.81. The first-order valence-electron chi connectivity index (χ1n) is 6.60. The third kappa shape index (κ3) is 3.02. The Bertz CT molecular complexity index is 591. The molecule has 1 aliphatic rings. The van der Waals surface area contributed by atoms with Gasteiger partial charge < -0.3 is 14.9 Å². The molecule has 1 aliphatic heterocycles. The van der Waals surface area contributed by atoms with Crippen LogP contribution in [0.4, 0.5) is 5.82 Å². The summed E-state index contributed by atoms with van der Waals surface area (Å²) < 4.78 is 0.719. The van der Waals surface area contributed by atoms with E-state index in [1.165, 1.54) is 0 Å². The highest BCUT2D eigenvalue weighted by molar-refractivity contribution is 9.10. The molecule has 6 nitrogen and oxygen atoms in total. The van der Waals surface area contributed by atoms with Crippen LogP contribution in [-0.2, 0) is 4.79 Å². The van der Waals surface area contributed by atoms with Crippen molar-refractivity contribution in [3.63, 3.8) is 0 Å². The number of nitrogens with zero attached hydrogens (tertiary/aromatic N) is 3. The SMILES string of the molecule is CN(C)c1ncc(Br)cc1C(=O)N1CCC(C)(C(=O)O)C1. The van der Waals surface area contributed by atoms with Gasteiger partial charge in [-0.3, -0.25) is 9.59 Å². The molecule has 1 saturated heterocycles. The van der Waals surface area contributed by atoms with Crippen molar-refractivity contribution < 1.29 is 14.7 Å². The Morgan fingerprint density at radius 3 is 2.67 bits per heavy atom. The predicted octanol–water partition coefficient (Wildman–Crippen LogP) is 1.85. The quantitative estimate of drug-likeness (QED) is 0.895. The lowest BCUT2D eigenvalue weighted by molar-refractivity contribution is -0.147. The monoisotopic (exact) mass is 355 g/mol. The van der Waals surface area contributed by atoms with Crippen LogP contribution in [0.15, 0.2) is 16.7 Å². The van der Waals surface area contributed by atoms with E-state index in [0.717, 1.165) is 4.47 Å². The second kappa shape index (κ2) is 5.63. The van der Waals surface area contributed by atoms with Crippen LogP contribution in [0.3, 0.4) is 0 Å². The van der Waals surface area contributed by atoms with Gasteiger partial charge in [-0.1, -0.05) is 0 Å². The average molecular weight is 356 g/mol. The van der Waals surface area contributed by atoms with E-state index >= 15 is 0 Å². The minimum Gasteiger partial charge on any atom is -0.481 e. The molecular weight excluding hydrogens is 338 g/mol. The standard InChI is InChI=1S/C14H18BrN3O3/c1-14(13(20)21)4-5-18(8-14)12(19)10-6-9(15)7-16-11(10)17(2)3/h6-7H,4-5,8H2,1-3H3,(H,20,21). The van der Waals surface area contributed by atoms with Gasteiger partial charge in [-0.25, -0.2) is 4.98 Å². The summed E-state index contributed by atoms with van der Waals surface area (Å²) >= 11 is 3.32. The van der Waals surface area contributed by atoms with Crippen LogP contribution in [0.25, 0.3) is 0 Å². The number of carbonyl (C=O) groups excluding carboxylic acids is 1. The summed E-state index contributed by atoms with van der Waals surface area (Å²) in [5, 5.41) is 9.26. The second-order valence-electron chi connectivity index (χ2n) is 5.76. The van der Waals surface area contributed by atoms with Crippen molar-refractivity contribution in [1.29, 1.82) is 0 Å². The predicted molar refractivity (Wildman–Crippen MR) is 82.5 cm³/mol. The summed E-state index contributed by atoms with van der Waals surface area (Å²) in [6.45, 7) is 2.34. The van der Waals surface area contributed by atoms with Crippen molar-refractivity contribution in [3.05, 3.63) is 22.3 Å². The normalized spacial score (nSPS) is 21.4. The second-order valence-corrected chi connectivity index (χ2v) is 6.68. The van der Waals surface area contributed by atoms with E-state index in [4.69, 9.17) is 0 Å². The Balaban J connectivity index is 2.30. The van der Waals surface area contributed by atoms with E-state index < -0.39 is 11.4 Å². The summed E-state index contributed by atoms with van der Waals surface area (Å²) in [4.78, 5) is 31.6. The number of carboxylic acids is 1. The zero-order chi connectivity index (χ0) is 15.8. The van der Waals surface area contributed by atoms with E-state index in [1.54, 1.807) is 29.0 Å². The van der Waals surface area contributed by atoms with Gasteiger partial charge in [-0.15, -0.1) is 0 Å². The van der Waals surface area contributed by atoms with E-state index in [9.17, 15) is 14.7 Å². The molecular formula is C14H18BrN3O3. The lowest BCUT2D eigenvalue weighted by Gasteiger charge is -2.22. The van der Waals surface area contributed by atoms with E-state index in [2.05, 4.69) is 20.9 Å². The Morgan fingerprint density at radius 1 is 1.48 bits per heavy atom. The number of anilines is 1. The molecule has 0 saturated carbocycles. The largest absolute Gasteiger partial charge is 0.481 e. The summed E-state index contributed by atoms with van der Waals surface area (Å²) in [6.07, 6.45) is 2.10. The molecule has 1 aromatic rings. The molecule has 7 heteroatoms. The van der Waals surface area contributed by atoms with Gasteiger partial charge in [0.1, 0.15) is 5.82 Å². The van der Waals surface area contributed by atoms with Crippen molar-refractivity contribution >= 4 is 33.6 Å². The maximum Gasteiger partial charge on any atom is 0.311 e. The molecule has 0 radical (unpaired) electrons. The summed E-state index contributed by atoms with van der Waals surface area (Å²) in [5.41, 5.74) is -0.392. The maximum atomic E-state index is 12.7. The van der Waals surface area contributed by atoms with Crippen molar-refractivity contribution in [3.8, 4) is 0 Å². The number of pyridine rings is 1. The van der Waals surface area contributed by atoms with Crippen molar-refractivity contribution in [2.75, 3.05) is 32.1 Å². The molecule has 0 aromatic carbocycles. The van der Waals surface area contributed by atoms with Crippen LogP contribution >= 0.6 is 15.9 Å². The minimum atomic E-state index is -0.868. The third-order valence-electron chi connectivity index (χ3n) is 3.76. The molecule has 1 atom stereocenters. The molecule has 1 fully saturated rings. The smallest absolute Gasteiger partial charge is 0.311 e. The van der Waals surface area contributed by atoms with E-state index in [1.807, 2.05) is 14.1 Å². The summed E-state index contributed by atoms with van der Waals surface area (Å²) in [5.74, 6) is -0.470. The number of halogens is 1. The van der Waals surface area contributed by atoms with Crippen LogP contribution < -0.4 is 4.90 Å². The summed E-state index contributed by atoms with van der Waals surface area (Å²) in [7, 11) is 3.64. The molecule has 0 spiro atoms. The topological polar surface area (TPSA) is 73.7 Å². The third-order valence-corrected chi connectivity index (χ3v) is 4.20. The zero-order valence-electron chi connectivity index (χ0n) is 12.3. The van der Waals surface area contributed by atoms with Crippen LogP contribution in [-0.4, -0.2) is 54.1 Å². The van der Waals surface area contributed by atoms with E-state index in [-0.39, 0.29) is 12.5 Å². The van der Waals surface area contributed by atoms with Crippen LogP contribution in [0.1, 0.15) is 23.7 Å². The van der Waals surface area contributed by atoms with Crippen LogP contribution in [0.2, 0.25) is 0 Å². The highest BCUT2D eigenvalue weighted by atomic mass is 79.9. The number of carboxylic acid groups (broad SMARTS) is 1. The molecule has 0 bridgehead atoms. The molecule has 1 unspecified atom stereocenters. The number of hydrogen-bond donors (Lipinski definition) is 1. The number of carbonyl (C=O) groups is 2. The number of rotatable bonds is 3. The van der Waals surface area contributed by atoms with Gasteiger partial charge in [-0.2, -0.15) is 0 Å². The van der Waals surface area contributed by atoms with Gasteiger partial charge in [0, 0.05) is 37.9 Å². The van der Waals surface area contributed by atoms with Crippen molar-refractivity contribution in [2.24, 2.45) is 5.41 Å². The lowest BCUT2D eigenvalue weighted by Crippen LogP contribution is -2.35. The molecule has 2 rings (SSSR count). The highest BCUT2D eigenvalue weighted by Crippen LogP contribution is 2.32. The molecule has 2 heterocycles. The van der Waals surface area contributed by atoms with Gasteiger partial charge in [0.15, 0.2) is 0 Å². The number of hydrogen-bond acceptors (Lipinski definition) is 4. The van der Waals surface area contributed by atoms with Gasteiger partial charge in [0.2, 0.25) is 0 Å². The first-order chi connectivity index (χ1) is 9.74. The Labute approximate surface area is 131 Å². The Hall–Kier alpha value is -1.63. The number of likely N-dealkylation sites (tertiary alicyclic amines) is 1. The first kappa shape index (κ1) is 15.8.